The van der Waals surface area contributed by atoms with Crippen LogP contribution in [0.15, 0.2) is 54.6 Å². The van der Waals surface area contributed by atoms with Crippen molar-refractivity contribution in [2.45, 2.75) is 32.4 Å². The van der Waals surface area contributed by atoms with Crippen molar-refractivity contribution in [3.8, 4) is 0 Å². The first-order valence-corrected chi connectivity index (χ1v) is 8.36. The summed E-state index contributed by atoms with van der Waals surface area (Å²) in [5.41, 5.74) is 9.10. The van der Waals surface area contributed by atoms with Crippen LogP contribution in [0.2, 0.25) is 0 Å². The first kappa shape index (κ1) is 21.7. The van der Waals surface area contributed by atoms with Crippen LogP contribution in [0.3, 0.4) is 0 Å². The van der Waals surface area contributed by atoms with E-state index in [2.05, 4.69) is 10.6 Å². The lowest BCUT2D eigenvalue weighted by atomic mass is 10.0. The largest absolute Gasteiger partial charge is 0.354 e. The summed E-state index contributed by atoms with van der Waals surface area (Å²) in [5, 5.41) is 5.69. The van der Waals surface area contributed by atoms with E-state index in [-0.39, 0.29) is 42.7 Å². The molecule has 0 aromatic heterocycles. The Hall–Kier alpha value is -2.37. The summed E-state index contributed by atoms with van der Waals surface area (Å²) in [6, 6.07) is 16.8. The normalized spacial score (nSPS) is 12.4. The molecule has 0 aliphatic carbocycles. The van der Waals surface area contributed by atoms with Gasteiger partial charge >= 0.3 is 0 Å². The number of nitrogens with one attached hydrogen (secondary N) is 2. The second kappa shape index (κ2) is 10.6. The van der Waals surface area contributed by atoms with Crippen LogP contribution in [0.4, 0.5) is 0 Å². The van der Waals surface area contributed by atoms with E-state index in [9.17, 15) is 9.59 Å². The lowest BCUT2D eigenvalue weighted by Gasteiger charge is -2.19. The van der Waals surface area contributed by atoms with Gasteiger partial charge in [0.05, 0.1) is 12.5 Å². The van der Waals surface area contributed by atoms with Gasteiger partial charge in [-0.3, -0.25) is 9.59 Å². The van der Waals surface area contributed by atoms with Gasteiger partial charge in [0.1, 0.15) is 0 Å². The zero-order chi connectivity index (χ0) is 18.2. The van der Waals surface area contributed by atoms with Crippen molar-refractivity contribution in [1.29, 1.82) is 0 Å². The number of carbonyl (C=O) groups is 2. The van der Waals surface area contributed by atoms with Crippen LogP contribution in [0.5, 0.6) is 0 Å². The fourth-order valence-electron chi connectivity index (χ4n) is 2.60. The van der Waals surface area contributed by atoms with Crippen LogP contribution < -0.4 is 16.4 Å². The van der Waals surface area contributed by atoms with E-state index in [0.29, 0.717) is 6.54 Å². The van der Waals surface area contributed by atoms with Gasteiger partial charge in [0.25, 0.3) is 0 Å². The number of hydrogen-bond acceptors (Lipinski definition) is 3. The van der Waals surface area contributed by atoms with Crippen molar-refractivity contribution >= 4 is 24.2 Å². The smallest absolute Gasteiger partial charge is 0.222 e. The molecule has 0 bridgehead atoms. The van der Waals surface area contributed by atoms with Crippen molar-refractivity contribution in [2.75, 3.05) is 6.54 Å². The van der Waals surface area contributed by atoms with Gasteiger partial charge in [0.2, 0.25) is 11.8 Å². The van der Waals surface area contributed by atoms with Crippen LogP contribution in [0, 0.1) is 6.92 Å². The van der Waals surface area contributed by atoms with Crippen LogP contribution in [-0.4, -0.2) is 18.4 Å². The molecule has 2 amide bonds. The highest BCUT2D eigenvalue weighted by Crippen LogP contribution is 2.18. The van der Waals surface area contributed by atoms with E-state index >= 15 is 0 Å². The summed E-state index contributed by atoms with van der Waals surface area (Å²) in [6.45, 7) is 3.79. The van der Waals surface area contributed by atoms with Gasteiger partial charge in [0, 0.05) is 19.5 Å². The van der Waals surface area contributed by atoms with Gasteiger partial charge < -0.3 is 16.4 Å². The summed E-state index contributed by atoms with van der Waals surface area (Å²) < 4.78 is 0. The van der Waals surface area contributed by atoms with Crippen molar-refractivity contribution in [3.63, 3.8) is 0 Å². The molecule has 0 fully saturated rings. The van der Waals surface area contributed by atoms with Gasteiger partial charge in [-0.05, 0) is 18.1 Å². The number of nitrogens with two attached hydrogens (primary N) is 1. The minimum Gasteiger partial charge on any atom is -0.354 e. The maximum Gasteiger partial charge on any atom is 0.222 e. The van der Waals surface area contributed by atoms with Crippen molar-refractivity contribution in [1.82, 2.24) is 10.6 Å². The van der Waals surface area contributed by atoms with E-state index < -0.39 is 0 Å². The fraction of sp³-hybridized carbons (Fsp3) is 0.300. The van der Waals surface area contributed by atoms with Gasteiger partial charge in [-0.1, -0.05) is 60.2 Å². The van der Waals surface area contributed by atoms with E-state index in [1.54, 1.807) is 0 Å². The molecule has 2 aromatic rings. The Bertz CT molecular complexity index is 705. The molecular formula is C20H26ClN3O2. The highest BCUT2D eigenvalue weighted by Gasteiger charge is 2.17. The molecule has 4 N–H and O–H groups in total. The maximum absolute atomic E-state index is 12.3. The molecule has 26 heavy (non-hydrogen) atoms. The molecule has 0 heterocycles. The fourth-order valence-corrected chi connectivity index (χ4v) is 2.60. The van der Waals surface area contributed by atoms with Crippen molar-refractivity contribution in [3.05, 3.63) is 71.3 Å². The highest BCUT2D eigenvalue weighted by atomic mass is 35.5. The van der Waals surface area contributed by atoms with E-state index in [4.69, 9.17) is 5.73 Å². The molecule has 5 nitrogen and oxygen atoms in total. The van der Waals surface area contributed by atoms with Crippen molar-refractivity contribution in [2.24, 2.45) is 5.73 Å². The summed E-state index contributed by atoms with van der Waals surface area (Å²) in [6.07, 6.45) is 0.171. The Balaban J connectivity index is 0.00000338. The van der Waals surface area contributed by atoms with Gasteiger partial charge in [-0.25, -0.2) is 0 Å². The summed E-state index contributed by atoms with van der Waals surface area (Å²) in [4.78, 5) is 23.8. The van der Waals surface area contributed by atoms with Gasteiger partial charge in [-0.15, -0.1) is 12.4 Å². The standard InChI is InChI=1S/C20H25N3O2.ClH/c1-14-8-10-17(11-9-14)19(23-15(2)24)12-20(25)22-13-18(21)16-6-4-3-5-7-16;/h3-11,18-19H,12-13,21H2,1-2H3,(H,22,25)(H,23,24);1H. The minimum absolute atomic E-state index is 0. The molecule has 6 heteroatoms. The van der Waals surface area contributed by atoms with Crippen LogP contribution in [0.1, 0.15) is 42.1 Å². The number of rotatable bonds is 7. The highest BCUT2D eigenvalue weighted by molar-refractivity contribution is 5.85. The third kappa shape index (κ3) is 6.86. The van der Waals surface area contributed by atoms with E-state index in [1.165, 1.54) is 6.92 Å². The van der Waals surface area contributed by atoms with Crippen LogP contribution in [-0.2, 0) is 9.59 Å². The lowest BCUT2D eigenvalue weighted by molar-refractivity contribution is -0.122. The predicted octanol–water partition coefficient (Wildman–Crippen LogP) is 2.80. The summed E-state index contributed by atoms with van der Waals surface area (Å²) in [7, 11) is 0. The second-order valence-corrected chi connectivity index (χ2v) is 6.19. The Morgan fingerprint density at radius 3 is 2.19 bits per heavy atom. The van der Waals surface area contributed by atoms with Crippen LogP contribution >= 0.6 is 12.4 Å². The first-order valence-electron chi connectivity index (χ1n) is 8.36. The Morgan fingerprint density at radius 2 is 1.62 bits per heavy atom. The summed E-state index contributed by atoms with van der Waals surface area (Å²) in [5.74, 6) is -0.315. The Kier molecular flexibility index (Phi) is 8.82. The summed E-state index contributed by atoms with van der Waals surface area (Å²) >= 11 is 0. The number of amides is 2. The topological polar surface area (TPSA) is 84.2 Å². The SMILES string of the molecule is CC(=O)NC(CC(=O)NCC(N)c1ccccc1)c1ccc(C)cc1.Cl. The Morgan fingerprint density at radius 1 is 1.00 bits per heavy atom. The molecule has 2 unspecified atom stereocenters. The second-order valence-electron chi connectivity index (χ2n) is 6.19. The Labute approximate surface area is 160 Å². The molecule has 0 saturated heterocycles. The van der Waals surface area contributed by atoms with Gasteiger partial charge in [-0.2, -0.15) is 0 Å². The molecule has 140 valence electrons. The van der Waals surface area contributed by atoms with Crippen LogP contribution in [0.25, 0.3) is 0 Å². The molecule has 0 radical (unpaired) electrons. The quantitative estimate of drug-likeness (QED) is 0.695. The predicted molar refractivity (Wildman–Crippen MR) is 106 cm³/mol. The molecular weight excluding hydrogens is 350 g/mol. The molecule has 2 atom stereocenters. The molecule has 0 aliphatic heterocycles. The first-order chi connectivity index (χ1) is 12.0. The molecule has 2 rings (SSSR count). The van der Waals surface area contributed by atoms with E-state index in [1.807, 2.05) is 61.5 Å². The number of hydrogen-bond donors (Lipinski definition) is 3. The number of halogens is 1. The minimum atomic E-state index is -0.356. The number of aryl methyl sites for hydroxylation is 1. The zero-order valence-corrected chi connectivity index (χ0v) is 15.9. The molecule has 0 saturated carbocycles. The van der Waals surface area contributed by atoms with Crippen molar-refractivity contribution < 1.29 is 9.59 Å². The number of carbonyl (C=O) groups excluding carboxylic acids is 2. The zero-order valence-electron chi connectivity index (χ0n) is 15.1. The maximum atomic E-state index is 12.3. The third-order valence-electron chi connectivity index (χ3n) is 3.99. The average molecular weight is 376 g/mol. The lowest BCUT2D eigenvalue weighted by Crippen LogP contribution is -2.35. The monoisotopic (exact) mass is 375 g/mol. The van der Waals surface area contributed by atoms with Gasteiger partial charge in [0.15, 0.2) is 0 Å². The molecule has 0 spiro atoms. The average Bonchev–Trinajstić information content (AvgIpc) is 2.60. The third-order valence-corrected chi connectivity index (χ3v) is 3.99. The van der Waals surface area contributed by atoms with E-state index in [0.717, 1.165) is 16.7 Å². The molecule has 2 aromatic carbocycles. The number of benzene rings is 2. The molecule has 0 aliphatic rings.